The van der Waals surface area contributed by atoms with Crippen LogP contribution < -0.4 is 0 Å². The fraction of sp³-hybridized carbons (Fsp3) is 0.500. The Balaban J connectivity index is 2.09. The van der Waals surface area contributed by atoms with E-state index in [1.165, 1.54) is 17.6 Å². The van der Waals surface area contributed by atoms with Crippen LogP contribution in [-0.4, -0.2) is 16.2 Å². The zero-order valence-electron chi connectivity index (χ0n) is 15.6. The third kappa shape index (κ3) is 3.18. The number of hydrogen-bond donors (Lipinski definition) is 2. The smallest absolute Gasteiger partial charge is 0.335 e. The van der Waals surface area contributed by atoms with Crippen LogP contribution >= 0.6 is 0 Å². The summed E-state index contributed by atoms with van der Waals surface area (Å²) in [4.78, 5) is 11.7. The third-order valence-electron chi connectivity index (χ3n) is 6.00. The van der Waals surface area contributed by atoms with Gasteiger partial charge in [-0.25, -0.2) is 4.79 Å². The lowest BCUT2D eigenvalue weighted by molar-refractivity contribution is 0.0695. The number of rotatable bonds is 3. The van der Waals surface area contributed by atoms with Crippen LogP contribution in [0.3, 0.4) is 0 Å². The molecule has 25 heavy (non-hydrogen) atoms. The Morgan fingerprint density at radius 3 is 2.36 bits per heavy atom. The lowest BCUT2D eigenvalue weighted by atomic mass is 9.58. The minimum atomic E-state index is -0.907. The predicted octanol–water partition coefficient (Wildman–Crippen LogP) is 5.06. The molecule has 0 radical (unpaired) electrons. The van der Waals surface area contributed by atoms with E-state index in [0.29, 0.717) is 5.56 Å². The van der Waals surface area contributed by atoms with Crippen molar-refractivity contribution in [2.45, 2.75) is 59.5 Å². The van der Waals surface area contributed by atoms with Gasteiger partial charge in [0.25, 0.3) is 0 Å². The number of carboxylic acids is 1. The van der Waals surface area contributed by atoms with Gasteiger partial charge in [0.1, 0.15) is 0 Å². The van der Waals surface area contributed by atoms with Crippen molar-refractivity contribution >= 4 is 5.97 Å². The van der Waals surface area contributed by atoms with Crippen LogP contribution in [0.25, 0.3) is 0 Å². The van der Waals surface area contributed by atoms with Gasteiger partial charge in [-0.15, -0.1) is 0 Å². The highest BCUT2D eigenvalue weighted by atomic mass is 16.4. The maximum Gasteiger partial charge on any atom is 0.335 e. The monoisotopic (exact) mass is 340 g/mol. The second-order valence-electron chi connectivity index (χ2n) is 8.69. The summed E-state index contributed by atoms with van der Waals surface area (Å²) in [7, 11) is 0. The molecule has 0 aromatic heterocycles. The van der Waals surface area contributed by atoms with E-state index in [1.54, 1.807) is 12.1 Å². The van der Waals surface area contributed by atoms with Crippen molar-refractivity contribution in [1.82, 2.24) is 0 Å². The minimum Gasteiger partial charge on any atom is -0.478 e. The van der Waals surface area contributed by atoms with Crippen LogP contribution in [0.5, 0.6) is 0 Å². The summed E-state index contributed by atoms with van der Waals surface area (Å²) in [5, 5.41) is 19.0. The van der Waals surface area contributed by atoms with Gasteiger partial charge in [0, 0.05) is 5.92 Å². The number of aliphatic hydroxyl groups excluding tert-OH is 1. The number of benzene rings is 1. The molecule has 1 aromatic rings. The Bertz CT molecular complexity index is 765. The largest absolute Gasteiger partial charge is 0.478 e. The first-order valence-corrected chi connectivity index (χ1v) is 9.06. The lowest BCUT2D eigenvalue weighted by Crippen LogP contribution is -2.33. The quantitative estimate of drug-likeness (QED) is 0.808. The van der Waals surface area contributed by atoms with Gasteiger partial charge in [0.15, 0.2) is 0 Å². The zero-order valence-corrected chi connectivity index (χ0v) is 15.6. The molecule has 0 saturated heterocycles. The average molecular weight is 340 g/mol. The third-order valence-corrected chi connectivity index (χ3v) is 6.00. The molecule has 0 amide bonds. The summed E-state index contributed by atoms with van der Waals surface area (Å²) in [6, 6.07) is 5.17. The summed E-state index contributed by atoms with van der Waals surface area (Å²) >= 11 is 0. The summed E-state index contributed by atoms with van der Waals surface area (Å²) in [5.41, 5.74) is 4.98. The molecule has 2 aliphatic carbocycles. The van der Waals surface area contributed by atoms with Crippen LogP contribution in [0.15, 0.2) is 41.5 Å². The van der Waals surface area contributed by atoms with Gasteiger partial charge in [0.2, 0.25) is 0 Å². The summed E-state index contributed by atoms with van der Waals surface area (Å²) < 4.78 is 0. The van der Waals surface area contributed by atoms with Crippen LogP contribution in [0.1, 0.15) is 74.4 Å². The van der Waals surface area contributed by atoms with E-state index in [9.17, 15) is 15.0 Å². The molecule has 1 aromatic carbocycles. The number of carbonyl (C=O) groups is 1. The molecule has 1 saturated carbocycles. The van der Waals surface area contributed by atoms with E-state index in [2.05, 4.69) is 39.8 Å². The highest BCUT2D eigenvalue weighted by Crippen LogP contribution is 2.54. The molecule has 0 bridgehead atoms. The highest BCUT2D eigenvalue weighted by molar-refractivity contribution is 5.90. The van der Waals surface area contributed by atoms with Gasteiger partial charge in [-0.05, 0) is 58.4 Å². The normalized spacial score (nSPS) is 24.1. The number of aliphatic hydroxyl groups is 1. The molecule has 2 aliphatic rings. The van der Waals surface area contributed by atoms with Gasteiger partial charge in [0.05, 0.1) is 12.2 Å². The topological polar surface area (TPSA) is 57.5 Å². The van der Waals surface area contributed by atoms with Crippen molar-refractivity contribution in [1.29, 1.82) is 0 Å². The number of hydrogen-bond acceptors (Lipinski definition) is 2. The molecular formula is C22H28O3. The SMILES string of the molecule is CC1(C)CCC(C)(C)C2=CC(c3cc(CO)ccc3C(=O)O)CC=C21. The van der Waals surface area contributed by atoms with Gasteiger partial charge in [-0.3, -0.25) is 0 Å². The molecule has 0 spiro atoms. The van der Waals surface area contributed by atoms with Crippen LogP contribution in [-0.2, 0) is 6.61 Å². The maximum atomic E-state index is 11.7. The number of aromatic carboxylic acids is 1. The zero-order chi connectivity index (χ0) is 18.4. The first-order valence-electron chi connectivity index (χ1n) is 9.06. The summed E-state index contributed by atoms with van der Waals surface area (Å²) in [5.74, 6) is -0.861. The van der Waals surface area contributed by atoms with Gasteiger partial charge in [-0.2, -0.15) is 0 Å². The van der Waals surface area contributed by atoms with E-state index in [0.717, 1.165) is 24.0 Å². The molecule has 1 unspecified atom stereocenters. The number of fused-ring (bicyclic) bond motifs is 1. The highest BCUT2D eigenvalue weighted by Gasteiger charge is 2.41. The van der Waals surface area contributed by atoms with E-state index < -0.39 is 5.97 Å². The second-order valence-corrected chi connectivity index (χ2v) is 8.69. The molecular weight excluding hydrogens is 312 g/mol. The maximum absolute atomic E-state index is 11.7. The van der Waals surface area contributed by atoms with Crippen molar-refractivity contribution < 1.29 is 15.0 Å². The summed E-state index contributed by atoms with van der Waals surface area (Å²) in [6.45, 7) is 9.10. The van der Waals surface area contributed by atoms with Crippen LogP contribution in [0.2, 0.25) is 0 Å². The number of allylic oxidation sites excluding steroid dienone is 4. The Morgan fingerprint density at radius 1 is 1.12 bits per heavy atom. The van der Waals surface area contributed by atoms with Crippen molar-refractivity contribution in [2.75, 3.05) is 0 Å². The molecule has 3 heteroatoms. The molecule has 3 nitrogen and oxygen atoms in total. The van der Waals surface area contributed by atoms with E-state index in [4.69, 9.17) is 0 Å². The first-order chi connectivity index (χ1) is 11.7. The van der Waals surface area contributed by atoms with Crippen LogP contribution in [0.4, 0.5) is 0 Å². The Morgan fingerprint density at radius 2 is 1.76 bits per heavy atom. The molecule has 2 N–H and O–H groups in total. The van der Waals surface area contributed by atoms with Crippen molar-refractivity contribution in [3.8, 4) is 0 Å². The van der Waals surface area contributed by atoms with Crippen molar-refractivity contribution in [2.24, 2.45) is 10.8 Å². The van der Waals surface area contributed by atoms with E-state index >= 15 is 0 Å². The van der Waals surface area contributed by atoms with Gasteiger partial charge < -0.3 is 10.2 Å². The summed E-state index contributed by atoms with van der Waals surface area (Å²) in [6.07, 6.45) is 7.73. The molecule has 1 atom stereocenters. The molecule has 134 valence electrons. The molecule has 1 fully saturated rings. The molecule has 0 heterocycles. The Hall–Kier alpha value is -1.87. The second kappa shape index (κ2) is 6.14. The van der Waals surface area contributed by atoms with Gasteiger partial charge in [-0.1, -0.05) is 52.0 Å². The van der Waals surface area contributed by atoms with E-state index in [-0.39, 0.29) is 23.4 Å². The Labute approximate surface area is 150 Å². The van der Waals surface area contributed by atoms with Crippen LogP contribution in [0, 0.1) is 10.8 Å². The van der Waals surface area contributed by atoms with Crippen molar-refractivity contribution in [3.05, 3.63) is 58.2 Å². The lowest BCUT2D eigenvalue weighted by Gasteiger charge is -2.46. The molecule has 0 aliphatic heterocycles. The number of carboxylic acid groups (broad SMARTS) is 1. The average Bonchev–Trinajstić information content (AvgIpc) is 2.58. The first kappa shape index (κ1) is 17.9. The van der Waals surface area contributed by atoms with Gasteiger partial charge >= 0.3 is 5.97 Å². The predicted molar refractivity (Wildman–Crippen MR) is 99.6 cm³/mol. The fourth-order valence-corrected chi connectivity index (χ4v) is 4.27. The Kier molecular flexibility index (Phi) is 4.40. The standard InChI is InChI=1S/C22H28O3/c1-21(2)9-10-22(3,4)19-12-15(6-8-18(19)21)17-11-14(13-23)5-7-16(17)20(24)25/h5,7-8,11-12,15,23H,6,9-10,13H2,1-4H3,(H,24,25). The minimum absolute atomic E-state index is 0.0459. The molecule has 3 rings (SSSR count). The van der Waals surface area contributed by atoms with Crippen molar-refractivity contribution in [3.63, 3.8) is 0 Å². The fourth-order valence-electron chi connectivity index (χ4n) is 4.27. The van der Waals surface area contributed by atoms with E-state index in [1.807, 2.05) is 6.07 Å².